The monoisotopic (exact) mass is 367 g/mol. The Morgan fingerprint density at radius 2 is 1.92 bits per heavy atom. The van der Waals surface area contributed by atoms with E-state index in [-0.39, 0.29) is 36.0 Å². The lowest BCUT2D eigenvalue weighted by Crippen LogP contribution is -2.54. The maximum absolute atomic E-state index is 12.8. The Balaban J connectivity index is 1.70. The van der Waals surface area contributed by atoms with Crippen LogP contribution in [-0.2, 0) is 10.0 Å². The minimum Gasteiger partial charge on any atom is -0.395 e. The van der Waals surface area contributed by atoms with Gasteiger partial charge in [-0.05, 0) is 50.6 Å². The van der Waals surface area contributed by atoms with Gasteiger partial charge in [0.05, 0.1) is 11.5 Å². The molecule has 0 radical (unpaired) electrons. The number of hydrogen-bond donors (Lipinski definition) is 2. The molecular formula is C17H25N3O4S. The lowest BCUT2D eigenvalue weighted by atomic mass is 9.93. The van der Waals surface area contributed by atoms with E-state index < -0.39 is 10.0 Å². The maximum Gasteiger partial charge on any atom is 0.251 e. The van der Waals surface area contributed by atoms with Crippen molar-refractivity contribution in [3.05, 3.63) is 29.8 Å². The number of nitrogens with zero attached hydrogens (tertiary/aromatic N) is 2. The predicted octanol–water partition coefficient (Wildman–Crippen LogP) is 0.266. The first-order valence-corrected chi connectivity index (χ1v) is 10.1. The van der Waals surface area contributed by atoms with Gasteiger partial charge in [0.15, 0.2) is 0 Å². The molecule has 3 rings (SSSR count). The first-order chi connectivity index (χ1) is 11.9. The average molecular weight is 367 g/mol. The largest absolute Gasteiger partial charge is 0.395 e. The third kappa shape index (κ3) is 3.87. The molecule has 1 saturated heterocycles. The number of nitrogens with one attached hydrogen (secondary N) is 1. The minimum atomic E-state index is -3.62. The second-order valence-electron chi connectivity index (χ2n) is 6.81. The van der Waals surface area contributed by atoms with Crippen molar-refractivity contribution in [1.29, 1.82) is 0 Å². The van der Waals surface area contributed by atoms with Crippen LogP contribution in [0.1, 0.15) is 29.6 Å². The molecule has 7 nitrogen and oxygen atoms in total. The van der Waals surface area contributed by atoms with E-state index >= 15 is 0 Å². The van der Waals surface area contributed by atoms with Crippen LogP contribution in [0, 0.1) is 0 Å². The molecule has 1 atom stereocenters. The molecule has 8 heteroatoms. The fourth-order valence-electron chi connectivity index (χ4n) is 3.08. The molecule has 2 fully saturated rings. The highest BCUT2D eigenvalue weighted by atomic mass is 32.2. The van der Waals surface area contributed by atoms with Crippen LogP contribution in [0.15, 0.2) is 29.2 Å². The van der Waals surface area contributed by atoms with Crippen molar-refractivity contribution in [2.24, 2.45) is 0 Å². The van der Waals surface area contributed by atoms with Crippen LogP contribution in [0.3, 0.4) is 0 Å². The van der Waals surface area contributed by atoms with Crippen LogP contribution in [0.25, 0.3) is 0 Å². The van der Waals surface area contributed by atoms with Crippen LogP contribution < -0.4 is 5.32 Å². The molecule has 1 heterocycles. The zero-order valence-corrected chi connectivity index (χ0v) is 15.2. The van der Waals surface area contributed by atoms with Gasteiger partial charge in [0.2, 0.25) is 10.0 Å². The zero-order chi connectivity index (χ0) is 18.0. The number of benzene rings is 1. The third-order valence-electron chi connectivity index (χ3n) is 5.15. The molecule has 138 valence electrons. The SMILES string of the molecule is CN1CCN(S(=O)(=O)c2ccc(C(=O)NC3CCC3)cc2)CC1CO. The Labute approximate surface area is 148 Å². The summed E-state index contributed by atoms with van der Waals surface area (Å²) in [4.78, 5) is 14.3. The molecule has 0 aromatic heterocycles. The number of aliphatic hydroxyl groups is 1. The molecular weight excluding hydrogens is 342 g/mol. The van der Waals surface area contributed by atoms with Crippen molar-refractivity contribution < 1.29 is 18.3 Å². The van der Waals surface area contributed by atoms with Crippen LogP contribution in [0.5, 0.6) is 0 Å². The number of carbonyl (C=O) groups is 1. The number of piperazine rings is 1. The summed E-state index contributed by atoms with van der Waals surface area (Å²) in [5.41, 5.74) is 0.470. The first kappa shape index (κ1) is 18.3. The summed E-state index contributed by atoms with van der Waals surface area (Å²) >= 11 is 0. The number of likely N-dealkylation sites (N-methyl/N-ethyl adjacent to an activating group) is 1. The molecule has 1 amide bonds. The summed E-state index contributed by atoms with van der Waals surface area (Å²) in [6.45, 7) is 1.15. The lowest BCUT2D eigenvalue weighted by molar-refractivity contribution is 0.0914. The molecule has 1 aromatic rings. The summed E-state index contributed by atoms with van der Waals surface area (Å²) in [6.07, 6.45) is 3.16. The quantitative estimate of drug-likeness (QED) is 0.780. The minimum absolute atomic E-state index is 0.0806. The second-order valence-corrected chi connectivity index (χ2v) is 8.74. The summed E-state index contributed by atoms with van der Waals surface area (Å²) in [7, 11) is -1.75. The normalized spacial score (nSPS) is 23.2. The van der Waals surface area contributed by atoms with Gasteiger partial charge >= 0.3 is 0 Å². The van der Waals surface area contributed by atoms with Gasteiger partial charge in [0.25, 0.3) is 5.91 Å². The van der Waals surface area contributed by atoms with E-state index in [9.17, 15) is 18.3 Å². The van der Waals surface area contributed by atoms with E-state index in [2.05, 4.69) is 5.32 Å². The zero-order valence-electron chi connectivity index (χ0n) is 14.4. The molecule has 0 spiro atoms. The highest BCUT2D eigenvalue weighted by Gasteiger charge is 2.32. The van der Waals surface area contributed by atoms with Gasteiger partial charge in [-0.1, -0.05) is 0 Å². The molecule has 25 heavy (non-hydrogen) atoms. The van der Waals surface area contributed by atoms with Gasteiger partial charge in [-0.25, -0.2) is 8.42 Å². The Kier molecular flexibility index (Phi) is 5.43. The van der Waals surface area contributed by atoms with Crippen molar-refractivity contribution in [2.75, 3.05) is 33.3 Å². The van der Waals surface area contributed by atoms with E-state index in [1.54, 1.807) is 12.1 Å². The van der Waals surface area contributed by atoms with Crippen LogP contribution in [-0.4, -0.2) is 74.0 Å². The number of sulfonamides is 1. The fourth-order valence-corrected chi connectivity index (χ4v) is 4.55. The molecule has 0 bridgehead atoms. The summed E-state index contributed by atoms with van der Waals surface area (Å²) in [5.74, 6) is -0.159. The van der Waals surface area contributed by atoms with Gasteiger partial charge in [-0.2, -0.15) is 4.31 Å². The van der Waals surface area contributed by atoms with Crippen molar-refractivity contribution >= 4 is 15.9 Å². The van der Waals surface area contributed by atoms with Gasteiger partial charge < -0.3 is 10.4 Å². The lowest BCUT2D eigenvalue weighted by Gasteiger charge is -2.37. The number of hydrogen-bond acceptors (Lipinski definition) is 5. The van der Waals surface area contributed by atoms with E-state index in [1.807, 2.05) is 11.9 Å². The average Bonchev–Trinajstić information content (AvgIpc) is 2.58. The second kappa shape index (κ2) is 7.41. The molecule has 1 aliphatic heterocycles. The number of rotatable bonds is 5. The Hall–Kier alpha value is -1.48. The molecule has 1 aromatic carbocycles. The highest BCUT2D eigenvalue weighted by molar-refractivity contribution is 7.89. The summed E-state index contributed by atoms with van der Waals surface area (Å²) < 4.78 is 27.0. The number of amides is 1. The van der Waals surface area contributed by atoms with Crippen LogP contribution >= 0.6 is 0 Å². The van der Waals surface area contributed by atoms with E-state index in [0.717, 1.165) is 19.3 Å². The van der Waals surface area contributed by atoms with Crippen molar-refractivity contribution in [3.8, 4) is 0 Å². The maximum atomic E-state index is 12.8. The molecule has 1 saturated carbocycles. The third-order valence-corrected chi connectivity index (χ3v) is 7.02. The Morgan fingerprint density at radius 1 is 1.24 bits per heavy atom. The smallest absolute Gasteiger partial charge is 0.251 e. The van der Waals surface area contributed by atoms with E-state index in [1.165, 1.54) is 16.4 Å². The number of aliphatic hydroxyl groups excluding tert-OH is 1. The highest BCUT2D eigenvalue weighted by Crippen LogP contribution is 2.21. The Morgan fingerprint density at radius 3 is 2.48 bits per heavy atom. The molecule has 1 unspecified atom stereocenters. The standard InChI is InChI=1S/C17H25N3O4S/c1-19-9-10-20(11-15(19)12-21)25(23,24)16-7-5-13(6-8-16)17(22)18-14-3-2-4-14/h5-8,14-15,21H,2-4,9-12H2,1H3,(H,18,22). The fraction of sp³-hybridized carbons (Fsp3) is 0.588. The van der Waals surface area contributed by atoms with Crippen molar-refractivity contribution in [2.45, 2.75) is 36.2 Å². The van der Waals surface area contributed by atoms with Crippen LogP contribution in [0.2, 0.25) is 0 Å². The Bertz CT molecular complexity index is 716. The molecule has 1 aliphatic carbocycles. The van der Waals surface area contributed by atoms with Gasteiger partial charge in [-0.3, -0.25) is 9.69 Å². The van der Waals surface area contributed by atoms with Gasteiger partial charge in [0.1, 0.15) is 0 Å². The van der Waals surface area contributed by atoms with Crippen molar-refractivity contribution in [1.82, 2.24) is 14.5 Å². The van der Waals surface area contributed by atoms with Crippen molar-refractivity contribution in [3.63, 3.8) is 0 Å². The summed E-state index contributed by atoms with van der Waals surface area (Å²) in [6, 6.07) is 6.13. The van der Waals surface area contributed by atoms with Gasteiger partial charge in [-0.15, -0.1) is 0 Å². The first-order valence-electron chi connectivity index (χ1n) is 8.64. The molecule has 2 aliphatic rings. The predicted molar refractivity (Wildman–Crippen MR) is 93.8 cm³/mol. The topological polar surface area (TPSA) is 90.0 Å². The van der Waals surface area contributed by atoms with E-state index in [4.69, 9.17) is 0 Å². The summed E-state index contributed by atoms with van der Waals surface area (Å²) in [5, 5.41) is 12.3. The number of carbonyl (C=O) groups excluding carboxylic acids is 1. The van der Waals surface area contributed by atoms with E-state index in [0.29, 0.717) is 18.7 Å². The van der Waals surface area contributed by atoms with Gasteiger partial charge in [0, 0.05) is 37.3 Å². The molecule has 2 N–H and O–H groups in total. The van der Waals surface area contributed by atoms with Crippen LogP contribution in [0.4, 0.5) is 0 Å².